The first-order valence-electron chi connectivity index (χ1n) is 9.76. The van der Waals surface area contributed by atoms with Gasteiger partial charge in [-0.2, -0.15) is 0 Å². The number of carbonyl (C=O) groups excluding carboxylic acids is 2. The molecule has 1 aliphatic heterocycles. The summed E-state index contributed by atoms with van der Waals surface area (Å²) in [6.45, 7) is 5.01. The van der Waals surface area contributed by atoms with Crippen molar-refractivity contribution in [2.75, 3.05) is 32.8 Å². The molecule has 0 aliphatic carbocycles. The molecule has 6 nitrogen and oxygen atoms in total. The molecule has 0 bridgehead atoms. The summed E-state index contributed by atoms with van der Waals surface area (Å²) in [4.78, 5) is 25.6. The Labute approximate surface area is 165 Å². The van der Waals surface area contributed by atoms with Crippen molar-refractivity contribution in [1.29, 1.82) is 0 Å². The molecule has 0 atom stereocenters. The number of hydrogen-bond donors (Lipinski definition) is 3. The third-order valence-corrected chi connectivity index (χ3v) is 4.89. The summed E-state index contributed by atoms with van der Waals surface area (Å²) in [7, 11) is 0. The number of hydrogen-bond acceptors (Lipinski definition) is 3. The van der Waals surface area contributed by atoms with Crippen LogP contribution in [0, 0.1) is 0 Å². The Kier molecular flexibility index (Phi) is 7.58. The van der Waals surface area contributed by atoms with E-state index in [-0.39, 0.29) is 24.8 Å². The Hall–Kier alpha value is -2.70. The van der Waals surface area contributed by atoms with E-state index in [2.05, 4.69) is 16.7 Å². The van der Waals surface area contributed by atoms with Crippen molar-refractivity contribution in [3.05, 3.63) is 71.3 Å². The lowest BCUT2D eigenvalue weighted by molar-refractivity contribution is -0.921. The number of quaternary nitrogens is 1. The molecule has 148 valence electrons. The van der Waals surface area contributed by atoms with Gasteiger partial charge in [-0.05, 0) is 11.1 Å². The van der Waals surface area contributed by atoms with Crippen LogP contribution in [0.5, 0.6) is 0 Å². The van der Waals surface area contributed by atoms with Crippen molar-refractivity contribution < 1.29 is 19.2 Å². The van der Waals surface area contributed by atoms with E-state index in [4.69, 9.17) is 4.74 Å². The summed E-state index contributed by atoms with van der Waals surface area (Å²) in [6.07, 6.45) is 0.277. The Bertz CT molecular complexity index is 774. The van der Waals surface area contributed by atoms with Crippen LogP contribution < -0.4 is 15.5 Å². The van der Waals surface area contributed by atoms with Gasteiger partial charge >= 0.3 is 0 Å². The van der Waals surface area contributed by atoms with E-state index in [1.54, 1.807) is 0 Å². The molecule has 0 saturated carbocycles. The van der Waals surface area contributed by atoms with E-state index in [0.717, 1.165) is 44.0 Å². The number of morpholine rings is 1. The topological polar surface area (TPSA) is 71.9 Å². The first kappa shape index (κ1) is 20.0. The summed E-state index contributed by atoms with van der Waals surface area (Å²) in [5.74, 6) is -0.340. The van der Waals surface area contributed by atoms with Crippen LogP contribution in [0.15, 0.2) is 54.6 Å². The molecule has 1 fully saturated rings. The first-order valence-corrected chi connectivity index (χ1v) is 9.76. The second kappa shape index (κ2) is 10.6. The first-order chi connectivity index (χ1) is 13.7. The molecular weight excluding hydrogens is 354 g/mol. The predicted molar refractivity (Wildman–Crippen MR) is 107 cm³/mol. The number of carbonyl (C=O) groups is 2. The highest BCUT2D eigenvalue weighted by Crippen LogP contribution is 2.07. The molecule has 1 saturated heterocycles. The average molecular weight is 382 g/mol. The summed E-state index contributed by atoms with van der Waals surface area (Å²) >= 11 is 0. The van der Waals surface area contributed by atoms with E-state index >= 15 is 0 Å². The predicted octanol–water partition coefficient (Wildman–Crippen LogP) is 0.0768. The van der Waals surface area contributed by atoms with Crippen molar-refractivity contribution in [2.24, 2.45) is 0 Å². The van der Waals surface area contributed by atoms with Crippen LogP contribution >= 0.6 is 0 Å². The number of rotatable bonds is 8. The Morgan fingerprint density at radius 2 is 1.54 bits per heavy atom. The molecule has 3 rings (SSSR count). The van der Waals surface area contributed by atoms with Gasteiger partial charge in [0.15, 0.2) is 0 Å². The largest absolute Gasteiger partial charge is 0.370 e. The van der Waals surface area contributed by atoms with Crippen molar-refractivity contribution in [2.45, 2.75) is 19.5 Å². The monoisotopic (exact) mass is 382 g/mol. The molecule has 2 aromatic carbocycles. The zero-order valence-corrected chi connectivity index (χ0v) is 16.1. The molecular formula is C22H28N3O3+. The van der Waals surface area contributed by atoms with Crippen molar-refractivity contribution >= 4 is 11.8 Å². The lowest BCUT2D eigenvalue weighted by Crippen LogP contribution is -3.12. The van der Waals surface area contributed by atoms with Crippen LogP contribution in [-0.2, 0) is 33.8 Å². The highest BCUT2D eigenvalue weighted by molar-refractivity contribution is 5.85. The molecule has 2 amide bonds. The Balaban J connectivity index is 1.43. The van der Waals surface area contributed by atoms with Gasteiger partial charge in [0.05, 0.1) is 26.2 Å². The van der Waals surface area contributed by atoms with Gasteiger partial charge in [-0.25, -0.2) is 0 Å². The van der Waals surface area contributed by atoms with Crippen LogP contribution in [0.2, 0.25) is 0 Å². The van der Waals surface area contributed by atoms with Gasteiger partial charge in [-0.15, -0.1) is 0 Å². The van der Waals surface area contributed by atoms with Crippen molar-refractivity contribution in [3.8, 4) is 0 Å². The van der Waals surface area contributed by atoms with Crippen molar-refractivity contribution in [3.63, 3.8) is 0 Å². The number of amides is 2. The summed E-state index contributed by atoms with van der Waals surface area (Å²) in [6, 6.07) is 17.7. The highest BCUT2D eigenvalue weighted by Gasteiger charge is 2.16. The number of benzene rings is 2. The van der Waals surface area contributed by atoms with Gasteiger partial charge in [0, 0.05) is 12.1 Å². The highest BCUT2D eigenvalue weighted by atomic mass is 16.5. The van der Waals surface area contributed by atoms with E-state index in [1.165, 1.54) is 10.5 Å². The molecule has 0 radical (unpaired) electrons. The standard InChI is InChI=1S/C22H27N3O3/c26-21(14-18-6-2-1-3-7-18)24-16-22(27)23-15-19-8-4-5-9-20(19)17-25-10-12-28-13-11-25/h1-9H,10-17H2,(H,23,27)(H,24,26)/p+1. The maximum Gasteiger partial charge on any atom is 0.239 e. The quantitative estimate of drug-likeness (QED) is 0.605. The van der Waals surface area contributed by atoms with E-state index in [1.807, 2.05) is 48.5 Å². The van der Waals surface area contributed by atoms with E-state index in [9.17, 15) is 9.59 Å². The Morgan fingerprint density at radius 3 is 2.29 bits per heavy atom. The van der Waals surface area contributed by atoms with E-state index < -0.39 is 0 Å². The molecule has 2 aromatic rings. The van der Waals surface area contributed by atoms with Gasteiger partial charge in [0.25, 0.3) is 0 Å². The molecule has 1 heterocycles. The van der Waals surface area contributed by atoms with Gasteiger partial charge in [0.2, 0.25) is 11.8 Å². The van der Waals surface area contributed by atoms with Crippen LogP contribution in [0.25, 0.3) is 0 Å². The second-order valence-corrected chi connectivity index (χ2v) is 7.02. The maximum atomic E-state index is 12.1. The van der Waals surface area contributed by atoms with Gasteiger partial charge < -0.3 is 20.3 Å². The maximum absolute atomic E-state index is 12.1. The molecule has 28 heavy (non-hydrogen) atoms. The van der Waals surface area contributed by atoms with Crippen molar-refractivity contribution in [1.82, 2.24) is 10.6 Å². The summed E-state index contributed by atoms with van der Waals surface area (Å²) in [5, 5.41) is 5.59. The third-order valence-electron chi connectivity index (χ3n) is 4.89. The van der Waals surface area contributed by atoms with Crippen LogP contribution in [0.1, 0.15) is 16.7 Å². The van der Waals surface area contributed by atoms with Crippen LogP contribution in [0.3, 0.4) is 0 Å². The smallest absolute Gasteiger partial charge is 0.239 e. The van der Waals surface area contributed by atoms with Gasteiger partial charge in [-0.3, -0.25) is 9.59 Å². The lowest BCUT2D eigenvalue weighted by atomic mass is 10.1. The minimum Gasteiger partial charge on any atom is -0.370 e. The summed E-state index contributed by atoms with van der Waals surface area (Å²) in [5.41, 5.74) is 3.29. The van der Waals surface area contributed by atoms with Gasteiger partial charge in [0.1, 0.15) is 19.6 Å². The SMILES string of the molecule is O=C(CNC(=O)Cc1ccccc1)NCc1ccccc1C[NH+]1CCOCC1. The molecule has 0 aromatic heterocycles. The second-order valence-electron chi connectivity index (χ2n) is 7.02. The number of ether oxygens (including phenoxy) is 1. The summed E-state index contributed by atoms with van der Waals surface area (Å²) < 4.78 is 5.42. The fourth-order valence-electron chi connectivity index (χ4n) is 3.29. The van der Waals surface area contributed by atoms with E-state index in [0.29, 0.717) is 6.54 Å². The molecule has 0 unspecified atom stereocenters. The number of nitrogens with one attached hydrogen (secondary N) is 3. The fraction of sp³-hybridized carbons (Fsp3) is 0.364. The third kappa shape index (κ3) is 6.48. The fourth-order valence-corrected chi connectivity index (χ4v) is 3.29. The Morgan fingerprint density at radius 1 is 0.857 bits per heavy atom. The van der Waals surface area contributed by atoms with Crippen LogP contribution in [-0.4, -0.2) is 44.7 Å². The average Bonchev–Trinajstić information content (AvgIpc) is 2.73. The molecule has 6 heteroatoms. The van der Waals surface area contributed by atoms with Gasteiger partial charge in [-0.1, -0.05) is 54.6 Å². The normalized spacial score (nSPS) is 14.4. The van der Waals surface area contributed by atoms with Crippen LogP contribution in [0.4, 0.5) is 0 Å². The minimum atomic E-state index is -0.185. The zero-order valence-electron chi connectivity index (χ0n) is 16.1. The molecule has 0 spiro atoms. The lowest BCUT2D eigenvalue weighted by Gasteiger charge is -2.24. The molecule has 3 N–H and O–H groups in total. The minimum absolute atomic E-state index is 0.0114. The zero-order chi connectivity index (χ0) is 19.6. The molecule has 1 aliphatic rings.